The third-order valence-corrected chi connectivity index (χ3v) is 4.31. The van der Waals surface area contributed by atoms with Crippen molar-refractivity contribution in [2.45, 2.75) is 64.2 Å². The van der Waals surface area contributed by atoms with Crippen LogP contribution in [0.3, 0.4) is 0 Å². The molecule has 0 saturated heterocycles. The van der Waals surface area contributed by atoms with Gasteiger partial charge in [-0.3, -0.25) is 29.8 Å². The van der Waals surface area contributed by atoms with Gasteiger partial charge >= 0.3 is 0 Å². The first-order valence-corrected chi connectivity index (χ1v) is 8.68. The zero-order chi connectivity index (χ0) is 17.4. The van der Waals surface area contributed by atoms with E-state index in [1.807, 2.05) is 0 Å². The van der Waals surface area contributed by atoms with Crippen LogP contribution in [-0.2, 0) is 19.2 Å². The van der Waals surface area contributed by atoms with E-state index < -0.39 is 0 Å². The summed E-state index contributed by atoms with van der Waals surface area (Å²) in [5.41, 5.74) is 1.20. The number of unbranched alkanes of at least 4 members (excludes halogenated alkanes) is 7. The second-order valence-electron chi connectivity index (χ2n) is 6.30. The number of rotatable bonds is 11. The zero-order valence-electron chi connectivity index (χ0n) is 13.9. The highest BCUT2D eigenvalue weighted by Crippen LogP contribution is 2.17. The Hall–Kier alpha value is -2.24. The summed E-state index contributed by atoms with van der Waals surface area (Å²) < 4.78 is 0. The first kappa shape index (κ1) is 18.1. The van der Waals surface area contributed by atoms with Gasteiger partial charge in [0, 0.05) is 23.3 Å². The van der Waals surface area contributed by atoms with Crippen molar-refractivity contribution >= 4 is 23.6 Å². The number of nitrogens with one attached hydrogen (secondary N) is 2. The van der Waals surface area contributed by atoms with Gasteiger partial charge in [-0.25, -0.2) is 0 Å². The van der Waals surface area contributed by atoms with Gasteiger partial charge in [-0.2, -0.15) is 0 Å². The lowest BCUT2D eigenvalue weighted by Crippen LogP contribution is -2.22. The Balaban J connectivity index is 1.41. The van der Waals surface area contributed by atoms with Crippen molar-refractivity contribution in [2.24, 2.45) is 0 Å². The van der Waals surface area contributed by atoms with Crippen LogP contribution in [0.1, 0.15) is 64.2 Å². The molecule has 0 aromatic carbocycles. The van der Waals surface area contributed by atoms with Gasteiger partial charge in [-0.1, -0.05) is 38.5 Å². The van der Waals surface area contributed by atoms with Crippen molar-refractivity contribution in [1.29, 1.82) is 0 Å². The second-order valence-corrected chi connectivity index (χ2v) is 6.30. The van der Waals surface area contributed by atoms with Crippen LogP contribution in [0.5, 0.6) is 0 Å². The highest BCUT2D eigenvalue weighted by Gasteiger charge is 2.20. The quantitative estimate of drug-likeness (QED) is 0.447. The molecule has 2 heterocycles. The van der Waals surface area contributed by atoms with Gasteiger partial charge in [0.25, 0.3) is 23.6 Å². The summed E-state index contributed by atoms with van der Waals surface area (Å²) in [7, 11) is 0. The minimum absolute atomic E-state index is 0.243. The zero-order valence-corrected chi connectivity index (χ0v) is 13.9. The van der Waals surface area contributed by atoms with Gasteiger partial charge in [0.1, 0.15) is 0 Å². The molecule has 0 aromatic heterocycles. The molecule has 0 spiro atoms. The van der Waals surface area contributed by atoms with Gasteiger partial charge in [0.15, 0.2) is 0 Å². The third kappa shape index (κ3) is 5.76. The summed E-state index contributed by atoms with van der Waals surface area (Å²) in [4.78, 5) is 44.7. The topological polar surface area (TPSA) is 92.3 Å². The van der Waals surface area contributed by atoms with Crippen LogP contribution in [0, 0.1) is 0 Å². The van der Waals surface area contributed by atoms with Crippen molar-refractivity contribution < 1.29 is 19.2 Å². The van der Waals surface area contributed by atoms with Crippen molar-refractivity contribution in [3.05, 3.63) is 23.3 Å². The fourth-order valence-electron chi connectivity index (χ4n) is 2.97. The maximum absolute atomic E-state index is 11.3. The number of carbonyl (C=O) groups is 4. The largest absolute Gasteiger partial charge is 0.289 e. The van der Waals surface area contributed by atoms with Crippen LogP contribution in [-0.4, -0.2) is 23.6 Å². The minimum atomic E-state index is -0.301. The average Bonchev–Trinajstić information content (AvgIpc) is 3.02. The molecule has 130 valence electrons. The van der Waals surface area contributed by atoms with E-state index in [1.54, 1.807) is 0 Å². The molecule has 0 unspecified atom stereocenters. The van der Waals surface area contributed by atoms with Gasteiger partial charge in [0.05, 0.1) is 0 Å². The Morgan fingerprint density at radius 1 is 0.542 bits per heavy atom. The number of amides is 4. The smallest absolute Gasteiger partial charge is 0.254 e. The monoisotopic (exact) mass is 332 g/mol. The first-order valence-electron chi connectivity index (χ1n) is 8.68. The third-order valence-electron chi connectivity index (χ3n) is 4.31. The Bertz CT molecular complexity index is 538. The van der Waals surface area contributed by atoms with Crippen LogP contribution in [0.2, 0.25) is 0 Å². The maximum Gasteiger partial charge on any atom is 0.254 e. The lowest BCUT2D eigenvalue weighted by Gasteiger charge is -2.03. The van der Waals surface area contributed by atoms with E-state index in [0.717, 1.165) is 51.4 Å². The molecule has 2 aliphatic heterocycles. The predicted molar refractivity (Wildman–Crippen MR) is 88.6 cm³/mol. The van der Waals surface area contributed by atoms with Gasteiger partial charge in [-0.05, 0) is 25.7 Å². The maximum atomic E-state index is 11.3. The molecule has 6 heteroatoms. The van der Waals surface area contributed by atoms with E-state index in [1.165, 1.54) is 12.2 Å². The van der Waals surface area contributed by atoms with E-state index in [0.29, 0.717) is 24.0 Å². The number of hydrogen-bond acceptors (Lipinski definition) is 4. The van der Waals surface area contributed by atoms with Gasteiger partial charge in [-0.15, -0.1) is 0 Å². The predicted octanol–water partition coefficient (Wildman–Crippen LogP) is 2.05. The molecular weight excluding hydrogens is 308 g/mol. The number of hydrogen-bond donors (Lipinski definition) is 2. The summed E-state index contributed by atoms with van der Waals surface area (Å²) in [6, 6.07) is 0. The lowest BCUT2D eigenvalue weighted by atomic mass is 10.0. The molecule has 2 N–H and O–H groups in total. The molecule has 0 fully saturated rings. The number of carbonyl (C=O) groups excluding carboxylic acids is 4. The van der Waals surface area contributed by atoms with Crippen LogP contribution in [0.4, 0.5) is 0 Å². The fourth-order valence-corrected chi connectivity index (χ4v) is 2.97. The van der Waals surface area contributed by atoms with Crippen LogP contribution in [0.25, 0.3) is 0 Å². The molecule has 0 radical (unpaired) electrons. The Morgan fingerprint density at radius 3 is 1.17 bits per heavy atom. The van der Waals surface area contributed by atoms with E-state index in [-0.39, 0.29) is 23.6 Å². The lowest BCUT2D eigenvalue weighted by molar-refractivity contribution is -0.125. The molecule has 24 heavy (non-hydrogen) atoms. The molecule has 2 aliphatic rings. The SMILES string of the molecule is O=C1C=C(CCCCCCCCCCC2=CC(=O)NC2=O)C(=O)N1. The van der Waals surface area contributed by atoms with Crippen molar-refractivity contribution in [1.82, 2.24) is 10.6 Å². The highest BCUT2D eigenvalue weighted by molar-refractivity contribution is 6.16. The van der Waals surface area contributed by atoms with E-state index in [9.17, 15) is 19.2 Å². The summed E-state index contributed by atoms with van der Waals surface area (Å²) >= 11 is 0. The van der Waals surface area contributed by atoms with Gasteiger partial charge in [0.2, 0.25) is 0 Å². The molecule has 2 rings (SSSR count). The van der Waals surface area contributed by atoms with Gasteiger partial charge < -0.3 is 0 Å². The molecule has 0 bridgehead atoms. The molecule has 0 atom stereocenters. The van der Waals surface area contributed by atoms with E-state index >= 15 is 0 Å². The minimum Gasteiger partial charge on any atom is -0.289 e. The summed E-state index contributed by atoms with van der Waals surface area (Å²) in [5, 5.41) is 4.51. The average molecular weight is 332 g/mol. The van der Waals surface area contributed by atoms with Crippen molar-refractivity contribution in [3.63, 3.8) is 0 Å². The molecular formula is C18H24N2O4. The number of imide groups is 2. The molecule has 0 aromatic rings. The first-order chi connectivity index (χ1) is 11.6. The normalized spacial score (nSPS) is 17.0. The Labute approximate surface area is 141 Å². The molecule has 0 saturated carbocycles. The highest BCUT2D eigenvalue weighted by atomic mass is 16.2. The molecule has 4 amide bonds. The van der Waals surface area contributed by atoms with Crippen LogP contribution < -0.4 is 10.6 Å². The van der Waals surface area contributed by atoms with Crippen LogP contribution in [0.15, 0.2) is 23.3 Å². The summed E-state index contributed by atoms with van der Waals surface area (Å²) in [5.74, 6) is -1.09. The second kappa shape index (κ2) is 9.15. The Morgan fingerprint density at radius 2 is 0.875 bits per heavy atom. The molecule has 0 aliphatic carbocycles. The molecule has 6 nitrogen and oxygen atoms in total. The summed E-state index contributed by atoms with van der Waals surface area (Å²) in [6.45, 7) is 0. The summed E-state index contributed by atoms with van der Waals surface area (Å²) in [6.07, 6.45) is 12.7. The van der Waals surface area contributed by atoms with E-state index in [2.05, 4.69) is 10.6 Å². The standard InChI is InChI=1S/C18H24N2O4/c21-15-11-13(17(23)19-15)9-7-5-3-1-2-4-6-8-10-14-12-16(22)20-18(14)24/h11-12H,1-10H2,(H,19,21,23)(H,20,22,24). The fraction of sp³-hybridized carbons (Fsp3) is 0.556. The Kier molecular flexibility index (Phi) is 6.90. The van der Waals surface area contributed by atoms with E-state index in [4.69, 9.17) is 0 Å². The van der Waals surface area contributed by atoms with Crippen molar-refractivity contribution in [3.8, 4) is 0 Å². The van der Waals surface area contributed by atoms with Crippen molar-refractivity contribution in [2.75, 3.05) is 0 Å². The van der Waals surface area contributed by atoms with Crippen LogP contribution >= 0.6 is 0 Å².